The molecule has 0 saturated carbocycles. The van der Waals surface area contributed by atoms with E-state index in [1.165, 1.54) is 19.2 Å². The number of aliphatic hydroxyl groups excluding tert-OH is 2. The topological polar surface area (TPSA) is 105 Å². The Kier molecular flexibility index (Phi) is 4.46. The van der Waals surface area contributed by atoms with Gasteiger partial charge in [0.2, 0.25) is 0 Å². The van der Waals surface area contributed by atoms with Crippen LogP contribution < -0.4 is 10.1 Å². The third-order valence-corrected chi connectivity index (χ3v) is 2.54. The summed E-state index contributed by atoms with van der Waals surface area (Å²) in [6, 6.07) is 4.31. The minimum absolute atomic E-state index is 0.178. The van der Waals surface area contributed by atoms with Crippen LogP contribution in [-0.2, 0) is 0 Å². The minimum Gasteiger partial charge on any atom is -0.496 e. The second-order valence-corrected chi connectivity index (χ2v) is 4.14. The molecule has 1 aromatic rings. The quantitative estimate of drug-likeness (QED) is 0.512. The van der Waals surface area contributed by atoms with Gasteiger partial charge in [-0.1, -0.05) is 0 Å². The molecule has 0 radical (unpaired) electrons. The van der Waals surface area contributed by atoms with Gasteiger partial charge in [0.15, 0.2) is 0 Å². The first-order valence-corrected chi connectivity index (χ1v) is 5.28. The first-order valence-electron chi connectivity index (χ1n) is 5.28. The van der Waals surface area contributed by atoms with Crippen LogP contribution in [0.15, 0.2) is 18.2 Å². The molecular formula is C11H16N2O5. The monoisotopic (exact) mass is 256 g/mol. The molecule has 18 heavy (non-hydrogen) atoms. The molecule has 7 nitrogen and oxygen atoms in total. The van der Waals surface area contributed by atoms with Gasteiger partial charge in [0.1, 0.15) is 11.4 Å². The summed E-state index contributed by atoms with van der Waals surface area (Å²) < 4.78 is 4.91. The first-order chi connectivity index (χ1) is 8.45. The van der Waals surface area contributed by atoms with Crippen molar-refractivity contribution in [3.63, 3.8) is 0 Å². The fourth-order valence-electron chi connectivity index (χ4n) is 1.35. The molecule has 0 aliphatic heterocycles. The Morgan fingerprint density at radius 2 is 2.06 bits per heavy atom. The zero-order valence-corrected chi connectivity index (χ0v) is 10.2. The van der Waals surface area contributed by atoms with E-state index in [4.69, 9.17) is 14.9 Å². The van der Waals surface area contributed by atoms with Crippen LogP contribution in [0.25, 0.3) is 0 Å². The number of hydrogen-bond donors (Lipinski definition) is 3. The lowest BCUT2D eigenvalue weighted by molar-refractivity contribution is -0.384. The Morgan fingerprint density at radius 1 is 1.44 bits per heavy atom. The van der Waals surface area contributed by atoms with Crippen molar-refractivity contribution < 1.29 is 19.9 Å². The fraction of sp³-hybridized carbons (Fsp3) is 0.455. The fourth-order valence-corrected chi connectivity index (χ4v) is 1.35. The average molecular weight is 256 g/mol. The van der Waals surface area contributed by atoms with Crippen molar-refractivity contribution >= 4 is 11.4 Å². The summed E-state index contributed by atoms with van der Waals surface area (Å²) >= 11 is 0. The molecule has 100 valence electrons. The van der Waals surface area contributed by atoms with Crippen molar-refractivity contribution in [2.24, 2.45) is 0 Å². The molecule has 0 unspecified atom stereocenters. The highest BCUT2D eigenvalue weighted by atomic mass is 16.6. The van der Waals surface area contributed by atoms with Gasteiger partial charge in [-0.25, -0.2) is 0 Å². The van der Waals surface area contributed by atoms with Crippen LogP contribution in [0.2, 0.25) is 0 Å². The van der Waals surface area contributed by atoms with Gasteiger partial charge in [0, 0.05) is 0 Å². The summed E-state index contributed by atoms with van der Waals surface area (Å²) in [6.07, 6.45) is 0. The number of nitrogens with zero attached hydrogens (tertiary/aromatic N) is 1. The summed E-state index contributed by atoms with van der Waals surface area (Å²) in [7, 11) is 1.41. The average Bonchev–Trinajstić information content (AvgIpc) is 2.38. The number of ether oxygens (including phenoxy) is 1. The normalized spacial score (nSPS) is 11.1. The van der Waals surface area contributed by atoms with Crippen LogP contribution in [0.4, 0.5) is 11.4 Å². The number of nitrogens with one attached hydrogen (secondary N) is 1. The standard InChI is InChI=1S/C11H16N2O5/c1-11(6-14,7-15)12-9-4-3-8(18-2)5-10(9)13(16)17/h3-5,12,14-15H,6-7H2,1-2H3. The number of aliphatic hydroxyl groups is 2. The van der Waals surface area contributed by atoms with Crippen LogP contribution in [0.5, 0.6) is 5.75 Å². The van der Waals surface area contributed by atoms with Crippen LogP contribution in [0.1, 0.15) is 6.92 Å². The number of methoxy groups -OCH3 is 1. The molecule has 0 spiro atoms. The molecule has 0 saturated heterocycles. The molecule has 0 aliphatic rings. The minimum atomic E-state index is -1.03. The SMILES string of the molecule is COc1ccc(NC(C)(CO)CO)c([N+](=O)[O-])c1. The summed E-state index contributed by atoms with van der Waals surface area (Å²) in [4.78, 5) is 10.4. The maximum Gasteiger partial charge on any atom is 0.296 e. The number of hydrogen-bond acceptors (Lipinski definition) is 6. The Bertz CT molecular complexity index is 431. The highest BCUT2D eigenvalue weighted by Gasteiger charge is 2.26. The van der Waals surface area contributed by atoms with E-state index in [0.29, 0.717) is 5.75 Å². The highest BCUT2D eigenvalue weighted by molar-refractivity contribution is 5.65. The van der Waals surface area contributed by atoms with E-state index in [1.54, 1.807) is 13.0 Å². The smallest absolute Gasteiger partial charge is 0.296 e. The Balaban J connectivity index is 3.12. The molecular weight excluding hydrogens is 240 g/mol. The first kappa shape index (κ1) is 14.2. The van der Waals surface area contributed by atoms with E-state index >= 15 is 0 Å². The zero-order chi connectivity index (χ0) is 13.8. The predicted octanol–water partition coefficient (Wildman–Crippen LogP) is 0.759. The number of nitro benzene ring substituents is 1. The molecule has 1 aromatic carbocycles. The maximum absolute atomic E-state index is 10.9. The molecule has 0 atom stereocenters. The third kappa shape index (κ3) is 3.08. The lowest BCUT2D eigenvalue weighted by Gasteiger charge is -2.27. The summed E-state index contributed by atoms with van der Waals surface area (Å²) in [5, 5.41) is 32.0. The van der Waals surface area contributed by atoms with Gasteiger partial charge in [-0.15, -0.1) is 0 Å². The van der Waals surface area contributed by atoms with Crippen LogP contribution in [-0.4, -0.2) is 41.0 Å². The molecule has 0 fully saturated rings. The maximum atomic E-state index is 10.9. The Hall–Kier alpha value is -1.86. The summed E-state index contributed by atoms with van der Waals surface area (Å²) in [5.41, 5.74) is -0.992. The van der Waals surface area contributed by atoms with Crippen molar-refractivity contribution in [3.8, 4) is 5.75 Å². The van der Waals surface area contributed by atoms with Crippen molar-refractivity contribution in [2.75, 3.05) is 25.6 Å². The summed E-state index contributed by atoms with van der Waals surface area (Å²) in [6.45, 7) is 0.848. The van der Waals surface area contributed by atoms with Crippen molar-refractivity contribution in [3.05, 3.63) is 28.3 Å². The second-order valence-electron chi connectivity index (χ2n) is 4.14. The molecule has 0 aliphatic carbocycles. The van der Waals surface area contributed by atoms with Crippen molar-refractivity contribution in [1.29, 1.82) is 0 Å². The Morgan fingerprint density at radius 3 is 2.50 bits per heavy atom. The molecule has 0 heterocycles. The van der Waals surface area contributed by atoms with Crippen LogP contribution in [0.3, 0.4) is 0 Å². The number of anilines is 1. The molecule has 7 heteroatoms. The van der Waals surface area contributed by atoms with E-state index < -0.39 is 10.5 Å². The Labute approximate surface area is 104 Å². The molecule has 3 N–H and O–H groups in total. The van der Waals surface area contributed by atoms with Gasteiger partial charge in [-0.3, -0.25) is 10.1 Å². The van der Waals surface area contributed by atoms with E-state index in [-0.39, 0.29) is 24.6 Å². The number of nitro groups is 1. The molecule has 0 aromatic heterocycles. The lowest BCUT2D eigenvalue weighted by atomic mass is 10.0. The zero-order valence-electron chi connectivity index (χ0n) is 10.2. The van der Waals surface area contributed by atoms with Gasteiger partial charge in [-0.05, 0) is 19.1 Å². The van der Waals surface area contributed by atoms with Gasteiger partial charge < -0.3 is 20.3 Å². The summed E-state index contributed by atoms with van der Waals surface area (Å²) in [5.74, 6) is 0.363. The second kappa shape index (κ2) is 5.65. The van der Waals surface area contributed by atoms with E-state index in [1.807, 2.05) is 0 Å². The van der Waals surface area contributed by atoms with Gasteiger partial charge in [0.05, 0.1) is 36.9 Å². The number of rotatable bonds is 6. The highest BCUT2D eigenvalue weighted by Crippen LogP contribution is 2.30. The van der Waals surface area contributed by atoms with Gasteiger partial charge in [0.25, 0.3) is 5.69 Å². The molecule has 0 amide bonds. The van der Waals surface area contributed by atoms with Crippen LogP contribution >= 0.6 is 0 Å². The van der Waals surface area contributed by atoms with E-state index in [9.17, 15) is 10.1 Å². The lowest BCUT2D eigenvalue weighted by Crippen LogP contribution is -2.42. The van der Waals surface area contributed by atoms with Gasteiger partial charge >= 0.3 is 0 Å². The largest absolute Gasteiger partial charge is 0.496 e. The van der Waals surface area contributed by atoms with E-state index in [2.05, 4.69) is 5.32 Å². The predicted molar refractivity (Wildman–Crippen MR) is 65.8 cm³/mol. The number of benzene rings is 1. The van der Waals surface area contributed by atoms with Crippen LogP contribution in [0, 0.1) is 10.1 Å². The molecule has 0 bridgehead atoms. The van der Waals surface area contributed by atoms with E-state index in [0.717, 1.165) is 0 Å². The third-order valence-electron chi connectivity index (χ3n) is 2.54. The molecule has 1 rings (SSSR count). The van der Waals surface area contributed by atoms with Crippen molar-refractivity contribution in [1.82, 2.24) is 0 Å². The van der Waals surface area contributed by atoms with Crippen molar-refractivity contribution in [2.45, 2.75) is 12.5 Å². The van der Waals surface area contributed by atoms with Gasteiger partial charge in [-0.2, -0.15) is 0 Å².